The van der Waals surface area contributed by atoms with Gasteiger partial charge in [-0.1, -0.05) is 18.2 Å². The number of anilines is 2. The van der Waals surface area contributed by atoms with E-state index in [2.05, 4.69) is 5.32 Å². The van der Waals surface area contributed by atoms with Gasteiger partial charge in [-0.25, -0.2) is 0 Å². The van der Waals surface area contributed by atoms with E-state index < -0.39 is 0 Å². The predicted octanol–water partition coefficient (Wildman–Crippen LogP) is 2.69. The fraction of sp³-hybridized carbons (Fsp3) is 0.0833. The molecule has 1 heterocycles. The third kappa shape index (κ3) is 2.47. The van der Waals surface area contributed by atoms with E-state index in [9.17, 15) is 4.79 Å². The van der Waals surface area contributed by atoms with Crippen molar-refractivity contribution >= 4 is 11.6 Å². The molecule has 1 aromatic heterocycles. The summed E-state index contributed by atoms with van der Waals surface area (Å²) in [6, 6.07) is 12.4. The second-order valence-corrected chi connectivity index (χ2v) is 3.26. The van der Waals surface area contributed by atoms with Gasteiger partial charge in [0.1, 0.15) is 5.76 Å². The maximum absolute atomic E-state index is 11.2. The van der Waals surface area contributed by atoms with Crippen LogP contribution < -0.4 is 10.7 Å². The maximum atomic E-state index is 11.2. The first-order chi connectivity index (χ1) is 7.24. The zero-order valence-corrected chi connectivity index (χ0v) is 8.36. The Morgan fingerprint density at radius 2 is 1.87 bits per heavy atom. The molecule has 0 bridgehead atoms. The molecule has 0 aliphatic carbocycles. The van der Waals surface area contributed by atoms with Gasteiger partial charge in [0.05, 0.1) is 0 Å². The van der Waals surface area contributed by atoms with Crippen molar-refractivity contribution in [1.29, 1.82) is 0 Å². The van der Waals surface area contributed by atoms with Crippen molar-refractivity contribution in [3.8, 4) is 0 Å². The zero-order valence-electron chi connectivity index (χ0n) is 8.36. The summed E-state index contributed by atoms with van der Waals surface area (Å²) in [5.74, 6) is 1.06. The number of para-hydroxylation sites is 1. The number of benzene rings is 1. The van der Waals surface area contributed by atoms with E-state index >= 15 is 0 Å². The molecule has 0 unspecified atom stereocenters. The summed E-state index contributed by atoms with van der Waals surface area (Å²) >= 11 is 0. The van der Waals surface area contributed by atoms with E-state index in [1.54, 1.807) is 6.92 Å². The number of aryl methyl sites for hydroxylation is 1. The van der Waals surface area contributed by atoms with E-state index in [-0.39, 0.29) is 5.43 Å². The predicted molar refractivity (Wildman–Crippen MR) is 59.4 cm³/mol. The van der Waals surface area contributed by atoms with Crippen molar-refractivity contribution in [2.75, 3.05) is 5.32 Å². The third-order valence-electron chi connectivity index (χ3n) is 1.93. The molecule has 15 heavy (non-hydrogen) atoms. The Hall–Kier alpha value is -2.03. The molecule has 0 fully saturated rings. The van der Waals surface area contributed by atoms with Gasteiger partial charge in [0.15, 0.2) is 5.43 Å². The fourth-order valence-corrected chi connectivity index (χ4v) is 1.33. The number of rotatable bonds is 2. The smallest absolute Gasteiger partial charge is 0.201 e. The zero-order chi connectivity index (χ0) is 10.7. The molecule has 0 atom stereocenters. The van der Waals surface area contributed by atoms with Crippen LogP contribution in [0.2, 0.25) is 0 Å². The largest absolute Gasteiger partial charge is 0.445 e. The third-order valence-corrected chi connectivity index (χ3v) is 1.93. The van der Waals surface area contributed by atoms with Crippen LogP contribution in [0.25, 0.3) is 0 Å². The Kier molecular flexibility index (Phi) is 2.54. The summed E-state index contributed by atoms with van der Waals surface area (Å²) in [7, 11) is 0. The Morgan fingerprint density at radius 3 is 2.53 bits per heavy atom. The van der Waals surface area contributed by atoms with E-state index in [0.717, 1.165) is 5.69 Å². The first-order valence-electron chi connectivity index (χ1n) is 4.68. The molecular formula is C12H11NO2. The molecule has 0 radical (unpaired) electrons. The summed E-state index contributed by atoms with van der Waals surface area (Å²) < 4.78 is 5.35. The molecule has 1 aromatic carbocycles. The normalized spacial score (nSPS) is 9.93. The summed E-state index contributed by atoms with van der Waals surface area (Å²) in [6.07, 6.45) is 0. The van der Waals surface area contributed by atoms with E-state index in [1.165, 1.54) is 12.1 Å². The van der Waals surface area contributed by atoms with Crippen molar-refractivity contribution in [2.45, 2.75) is 6.92 Å². The Bertz CT molecular complexity index is 503. The topological polar surface area (TPSA) is 42.2 Å². The molecule has 76 valence electrons. The lowest BCUT2D eigenvalue weighted by Crippen LogP contribution is -2.00. The molecule has 2 aromatic rings. The summed E-state index contributed by atoms with van der Waals surface area (Å²) in [4.78, 5) is 11.2. The molecule has 0 spiro atoms. The standard InChI is InChI=1S/C12H11NO2/c1-9-7-11(14)8-12(15-9)13-10-5-3-2-4-6-10/h2-8,13H,1H3. The van der Waals surface area contributed by atoms with Gasteiger partial charge in [-0.15, -0.1) is 0 Å². The quantitative estimate of drug-likeness (QED) is 0.812. The average molecular weight is 201 g/mol. The van der Waals surface area contributed by atoms with Gasteiger partial charge in [0.2, 0.25) is 5.88 Å². The molecule has 2 rings (SSSR count). The number of hydrogen-bond donors (Lipinski definition) is 1. The lowest BCUT2D eigenvalue weighted by molar-refractivity contribution is 0.533. The van der Waals surface area contributed by atoms with Crippen molar-refractivity contribution in [2.24, 2.45) is 0 Å². The van der Waals surface area contributed by atoms with Gasteiger partial charge in [-0.05, 0) is 19.1 Å². The van der Waals surface area contributed by atoms with Gasteiger partial charge in [-0.3, -0.25) is 4.79 Å². The second kappa shape index (κ2) is 4.00. The van der Waals surface area contributed by atoms with Crippen molar-refractivity contribution in [1.82, 2.24) is 0 Å². The van der Waals surface area contributed by atoms with E-state index in [0.29, 0.717) is 11.6 Å². The molecular weight excluding hydrogens is 190 g/mol. The van der Waals surface area contributed by atoms with Crippen LogP contribution in [0, 0.1) is 6.92 Å². The summed E-state index contributed by atoms with van der Waals surface area (Å²) in [5, 5.41) is 3.02. The molecule has 0 saturated heterocycles. The Labute approximate surface area is 87.4 Å². The molecule has 1 N–H and O–H groups in total. The van der Waals surface area contributed by atoms with Gasteiger partial charge < -0.3 is 9.73 Å². The van der Waals surface area contributed by atoms with Crippen LogP contribution >= 0.6 is 0 Å². The van der Waals surface area contributed by atoms with Crippen LogP contribution in [0.15, 0.2) is 51.7 Å². The van der Waals surface area contributed by atoms with Gasteiger partial charge in [-0.2, -0.15) is 0 Å². The summed E-state index contributed by atoms with van der Waals surface area (Å²) in [5.41, 5.74) is 0.837. The lowest BCUT2D eigenvalue weighted by Gasteiger charge is -2.04. The minimum absolute atomic E-state index is 0.0582. The van der Waals surface area contributed by atoms with Crippen LogP contribution in [0.4, 0.5) is 11.6 Å². The highest BCUT2D eigenvalue weighted by Gasteiger charge is 1.98. The SMILES string of the molecule is Cc1cc(=O)cc(Nc2ccccc2)o1. The van der Waals surface area contributed by atoms with Gasteiger partial charge in [0, 0.05) is 17.8 Å². The summed E-state index contributed by atoms with van der Waals surface area (Å²) in [6.45, 7) is 1.75. The monoisotopic (exact) mass is 201 g/mol. The highest BCUT2D eigenvalue weighted by Crippen LogP contribution is 2.14. The van der Waals surface area contributed by atoms with Crippen molar-refractivity contribution < 1.29 is 4.42 Å². The van der Waals surface area contributed by atoms with Crippen LogP contribution in [0.5, 0.6) is 0 Å². The van der Waals surface area contributed by atoms with Crippen LogP contribution in [0.3, 0.4) is 0 Å². The van der Waals surface area contributed by atoms with Crippen LogP contribution in [-0.4, -0.2) is 0 Å². The van der Waals surface area contributed by atoms with E-state index in [4.69, 9.17) is 4.42 Å². The lowest BCUT2D eigenvalue weighted by atomic mass is 10.3. The minimum atomic E-state index is -0.0582. The van der Waals surface area contributed by atoms with Crippen molar-refractivity contribution in [3.05, 3.63) is 58.4 Å². The molecule has 3 nitrogen and oxygen atoms in total. The molecule has 3 heteroatoms. The Balaban J connectivity index is 2.29. The Morgan fingerprint density at radius 1 is 1.13 bits per heavy atom. The maximum Gasteiger partial charge on any atom is 0.201 e. The van der Waals surface area contributed by atoms with Gasteiger partial charge >= 0.3 is 0 Å². The first kappa shape index (κ1) is 9.52. The number of nitrogens with one attached hydrogen (secondary N) is 1. The second-order valence-electron chi connectivity index (χ2n) is 3.26. The van der Waals surface area contributed by atoms with Crippen LogP contribution in [-0.2, 0) is 0 Å². The highest BCUT2D eigenvalue weighted by molar-refractivity contribution is 5.53. The molecule has 0 aliphatic heterocycles. The average Bonchev–Trinajstić information content (AvgIpc) is 2.17. The van der Waals surface area contributed by atoms with E-state index in [1.807, 2.05) is 30.3 Å². The van der Waals surface area contributed by atoms with Crippen molar-refractivity contribution in [3.63, 3.8) is 0 Å². The minimum Gasteiger partial charge on any atom is -0.445 e. The van der Waals surface area contributed by atoms with Crippen LogP contribution in [0.1, 0.15) is 5.76 Å². The molecule has 0 aliphatic rings. The van der Waals surface area contributed by atoms with Gasteiger partial charge in [0.25, 0.3) is 0 Å². The highest BCUT2D eigenvalue weighted by atomic mass is 16.4. The first-order valence-corrected chi connectivity index (χ1v) is 4.68. The fourth-order valence-electron chi connectivity index (χ4n) is 1.33. The number of hydrogen-bond acceptors (Lipinski definition) is 3. The molecule has 0 amide bonds. The molecule has 0 saturated carbocycles.